The summed E-state index contributed by atoms with van der Waals surface area (Å²) in [5, 5.41) is 10.1. The van der Waals surface area contributed by atoms with Gasteiger partial charge in [-0.3, -0.25) is 0 Å². The van der Waals surface area contributed by atoms with Crippen LogP contribution < -0.4 is 4.90 Å². The number of aryl methyl sites for hydroxylation is 1. The van der Waals surface area contributed by atoms with Gasteiger partial charge in [-0.15, -0.1) is 11.3 Å². The van der Waals surface area contributed by atoms with Crippen LogP contribution in [0.15, 0.2) is 6.33 Å². The molecule has 114 valence electrons. The fraction of sp³-hybridized carbons (Fsp3) is 0.533. The van der Waals surface area contributed by atoms with Crippen molar-refractivity contribution in [3.63, 3.8) is 0 Å². The summed E-state index contributed by atoms with van der Waals surface area (Å²) in [6.45, 7) is 8.38. The molecule has 0 bridgehead atoms. The van der Waals surface area contributed by atoms with Crippen LogP contribution in [0.25, 0.3) is 10.2 Å². The molecule has 1 N–H and O–H groups in total. The van der Waals surface area contributed by atoms with Crippen LogP contribution in [0.3, 0.4) is 0 Å². The number of anilines is 1. The second kappa shape index (κ2) is 5.97. The van der Waals surface area contributed by atoms with Crippen LogP contribution in [0.4, 0.5) is 5.82 Å². The number of aromatic carboxylic acids is 1. The summed E-state index contributed by atoms with van der Waals surface area (Å²) in [4.78, 5) is 23.1. The summed E-state index contributed by atoms with van der Waals surface area (Å²) in [5.74, 6) is 0.506. The van der Waals surface area contributed by atoms with Crippen LogP contribution in [0, 0.1) is 12.8 Å². The van der Waals surface area contributed by atoms with Gasteiger partial charge in [0, 0.05) is 13.1 Å². The summed E-state index contributed by atoms with van der Waals surface area (Å²) in [6, 6.07) is 0.329. The van der Waals surface area contributed by atoms with Crippen molar-refractivity contribution in [1.82, 2.24) is 9.97 Å². The Morgan fingerprint density at radius 2 is 2.05 bits per heavy atom. The summed E-state index contributed by atoms with van der Waals surface area (Å²) in [5.41, 5.74) is 0.752. The lowest BCUT2D eigenvalue weighted by Gasteiger charge is -2.27. The van der Waals surface area contributed by atoms with Crippen LogP contribution >= 0.6 is 11.3 Å². The number of fused-ring (bicyclic) bond motifs is 1. The van der Waals surface area contributed by atoms with Crippen LogP contribution in [0.5, 0.6) is 0 Å². The Labute approximate surface area is 128 Å². The van der Waals surface area contributed by atoms with Crippen molar-refractivity contribution >= 4 is 33.3 Å². The molecule has 2 rings (SSSR count). The third kappa shape index (κ3) is 3.00. The molecule has 2 aromatic rings. The maximum absolute atomic E-state index is 11.3. The summed E-state index contributed by atoms with van der Waals surface area (Å²) < 4.78 is 0. The standard InChI is InChI=1S/C15H21N3O2S/c1-8(2)6-9(3)18(5)13-11-10(4)12(15(19)20)21-14(11)17-7-16-13/h7-9H,6H2,1-5H3,(H,19,20). The lowest BCUT2D eigenvalue weighted by molar-refractivity contribution is 0.0701. The maximum atomic E-state index is 11.3. The Balaban J connectivity index is 2.51. The van der Waals surface area contributed by atoms with Crippen molar-refractivity contribution in [1.29, 1.82) is 0 Å². The topological polar surface area (TPSA) is 66.3 Å². The first-order chi connectivity index (χ1) is 9.82. The first-order valence-electron chi connectivity index (χ1n) is 7.03. The molecule has 0 aliphatic carbocycles. The minimum Gasteiger partial charge on any atom is -0.477 e. The average Bonchev–Trinajstić information content (AvgIpc) is 2.75. The SMILES string of the molecule is Cc1c(C(=O)O)sc2ncnc(N(C)C(C)CC(C)C)c12. The molecule has 0 aliphatic heterocycles. The van der Waals surface area contributed by atoms with Gasteiger partial charge in [-0.2, -0.15) is 0 Å². The Morgan fingerprint density at radius 3 is 2.62 bits per heavy atom. The fourth-order valence-corrected chi connectivity index (χ4v) is 3.56. The predicted octanol–water partition coefficient (Wildman–Crippen LogP) is 3.57. The summed E-state index contributed by atoms with van der Waals surface area (Å²) in [7, 11) is 2.01. The third-order valence-electron chi connectivity index (χ3n) is 3.71. The zero-order valence-electron chi connectivity index (χ0n) is 13.0. The number of hydrogen-bond acceptors (Lipinski definition) is 5. The van der Waals surface area contributed by atoms with Gasteiger partial charge >= 0.3 is 5.97 Å². The van der Waals surface area contributed by atoms with E-state index in [2.05, 4.69) is 35.6 Å². The second-order valence-electron chi connectivity index (χ2n) is 5.83. The predicted molar refractivity (Wildman–Crippen MR) is 86.4 cm³/mol. The fourth-order valence-electron chi connectivity index (χ4n) is 2.57. The highest BCUT2D eigenvalue weighted by Crippen LogP contribution is 2.35. The lowest BCUT2D eigenvalue weighted by atomic mass is 10.0. The minimum absolute atomic E-state index is 0.329. The molecule has 2 aromatic heterocycles. The lowest BCUT2D eigenvalue weighted by Crippen LogP contribution is -2.31. The summed E-state index contributed by atoms with van der Waals surface area (Å²) >= 11 is 1.21. The van der Waals surface area contributed by atoms with Crippen molar-refractivity contribution in [3.05, 3.63) is 16.8 Å². The Bertz CT molecular complexity index is 666. The van der Waals surface area contributed by atoms with Gasteiger partial charge < -0.3 is 10.0 Å². The van der Waals surface area contributed by atoms with E-state index in [0.29, 0.717) is 16.8 Å². The van der Waals surface area contributed by atoms with Crippen molar-refractivity contribution in [2.24, 2.45) is 5.92 Å². The van der Waals surface area contributed by atoms with Gasteiger partial charge in [0.05, 0.1) is 5.39 Å². The molecular weight excluding hydrogens is 286 g/mol. The van der Waals surface area contributed by atoms with Crippen molar-refractivity contribution in [2.75, 3.05) is 11.9 Å². The molecule has 0 amide bonds. The zero-order valence-corrected chi connectivity index (χ0v) is 13.9. The van der Waals surface area contributed by atoms with E-state index in [1.165, 1.54) is 17.7 Å². The number of thiophene rings is 1. The number of carbonyl (C=O) groups is 1. The van der Waals surface area contributed by atoms with Gasteiger partial charge in [0.1, 0.15) is 21.9 Å². The van der Waals surface area contributed by atoms with E-state index >= 15 is 0 Å². The average molecular weight is 307 g/mol. The van der Waals surface area contributed by atoms with Crippen LogP contribution in [-0.4, -0.2) is 34.1 Å². The van der Waals surface area contributed by atoms with E-state index in [0.717, 1.165) is 28.0 Å². The first kappa shape index (κ1) is 15.7. The molecule has 0 radical (unpaired) electrons. The van der Waals surface area contributed by atoms with E-state index in [1.807, 2.05) is 14.0 Å². The Hall–Kier alpha value is -1.69. The number of rotatable bonds is 5. The molecule has 21 heavy (non-hydrogen) atoms. The molecule has 2 heterocycles. The second-order valence-corrected chi connectivity index (χ2v) is 6.83. The Kier molecular flexibility index (Phi) is 4.46. The maximum Gasteiger partial charge on any atom is 0.346 e. The van der Waals surface area contributed by atoms with E-state index in [-0.39, 0.29) is 0 Å². The largest absolute Gasteiger partial charge is 0.477 e. The van der Waals surface area contributed by atoms with Gasteiger partial charge in [-0.1, -0.05) is 13.8 Å². The number of carboxylic acid groups (broad SMARTS) is 1. The molecular formula is C15H21N3O2S. The summed E-state index contributed by atoms with van der Waals surface area (Å²) in [6.07, 6.45) is 2.56. The zero-order chi connectivity index (χ0) is 15.7. The molecule has 6 heteroatoms. The molecule has 0 saturated carbocycles. The number of hydrogen-bond donors (Lipinski definition) is 1. The molecule has 0 aromatic carbocycles. The van der Waals surface area contributed by atoms with E-state index < -0.39 is 5.97 Å². The first-order valence-corrected chi connectivity index (χ1v) is 7.84. The van der Waals surface area contributed by atoms with Gasteiger partial charge in [-0.05, 0) is 31.7 Å². The van der Waals surface area contributed by atoms with Gasteiger partial charge in [0.15, 0.2) is 0 Å². The van der Waals surface area contributed by atoms with Gasteiger partial charge in [-0.25, -0.2) is 14.8 Å². The number of nitrogens with zero attached hydrogens (tertiary/aromatic N) is 3. The third-order valence-corrected chi connectivity index (χ3v) is 4.90. The number of carboxylic acids is 1. The van der Waals surface area contributed by atoms with Crippen molar-refractivity contribution in [3.8, 4) is 0 Å². The molecule has 0 spiro atoms. The molecule has 0 fully saturated rings. The molecule has 1 atom stereocenters. The van der Waals surface area contributed by atoms with Crippen LogP contribution in [0.1, 0.15) is 42.4 Å². The molecule has 1 unspecified atom stereocenters. The van der Waals surface area contributed by atoms with E-state index in [9.17, 15) is 9.90 Å². The molecule has 0 saturated heterocycles. The van der Waals surface area contributed by atoms with E-state index in [1.54, 1.807) is 0 Å². The Morgan fingerprint density at radius 1 is 1.38 bits per heavy atom. The van der Waals surface area contributed by atoms with Crippen LogP contribution in [-0.2, 0) is 0 Å². The van der Waals surface area contributed by atoms with Crippen LogP contribution in [0.2, 0.25) is 0 Å². The highest BCUT2D eigenvalue weighted by atomic mass is 32.1. The van der Waals surface area contributed by atoms with Crippen molar-refractivity contribution < 1.29 is 9.90 Å². The van der Waals surface area contributed by atoms with E-state index in [4.69, 9.17) is 0 Å². The van der Waals surface area contributed by atoms with Crippen molar-refractivity contribution in [2.45, 2.75) is 40.2 Å². The quantitative estimate of drug-likeness (QED) is 0.914. The highest BCUT2D eigenvalue weighted by Gasteiger charge is 2.22. The number of aromatic nitrogens is 2. The highest BCUT2D eigenvalue weighted by molar-refractivity contribution is 7.20. The normalized spacial score (nSPS) is 12.9. The van der Waals surface area contributed by atoms with Gasteiger partial charge in [0.2, 0.25) is 0 Å². The molecule has 0 aliphatic rings. The smallest absolute Gasteiger partial charge is 0.346 e. The monoisotopic (exact) mass is 307 g/mol. The van der Waals surface area contributed by atoms with Gasteiger partial charge in [0.25, 0.3) is 0 Å². The minimum atomic E-state index is -0.903. The molecule has 5 nitrogen and oxygen atoms in total.